The number of benzene rings is 2. The maximum atomic E-state index is 13.1. The summed E-state index contributed by atoms with van der Waals surface area (Å²) in [5.74, 6) is 0.252. The second-order valence-corrected chi connectivity index (χ2v) is 6.27. The average Bonchev–Trinajstić information content (AvgIpc) is 3.11. The van der Waals surface area contributed by atoms with Gasteiger partial charge in [0.25, 0.3) is 5.91 Å². The Labute approximate surface area is 144 Å². The molecule has 1 atom stereocenters. The second kappa shape index (κ2) is 5.41. The number of carbonyl (C=O) groups is 2. The van der Waals surface area contributed by atoms with E-state index in [1.165, 1.54) is 11.2 Å². The minimum atomic E-state index is -1.11. The van der Waals surface area contributed by atoms with Crippen molar-refractivity contribution < 1.29 is 9.59 Å². The number of nitrogens with one attached hydrogen (secondary N) is 1. The smallest absolute Gasteiger partial charge is 0.319 e. The molecule has 25 heavy (non-hydrogen) atoms. The zero-order valence-electron chi connectivity index (χ0n) is 13.9. The van der Waals surface area contributed by atoms with Crippen LogP contribution in [0, 0.1) is 0 Å². The molecule has 1 aromatic heterocycles. The molecule has 1 N–H and O–H groups in total. The van der Waals surface area contributed by atoms with Gasteiger partial charge in [-0.2, -0.15) is 5.10 Å². The summed E-state index contributed by atoms with van der Waals surface area (Å²) in [6, 6.07) is 13.2. The summed E-state index contributed by atoms with van der Waals surface area (Å²) in [4.78, 5) is 30.9. The molecular weight excluding hydrogens is 318 g/mol. The van der Waals surface area contributed by atoms with Gasteiger partial charge in [-0.3, -0.25) is 14.4 Å². The minimum Gasteiger partial charge on any atom is -0.319 e. The lowest BCUT2D eigenvalue weighted by Gasteiger charge is -2.24. The Bertz CT molecular complexity index is 991. The van der Waals surface area contributed by atoms with Crippen LogP contribution in [0.1, 0.15) is 18.3 Å². The molecule has 1 unspecified atom stereocenters. The highest BCUT2D eigenvalue weighted by Crippen LogP contribution is 2.34. The Kier molecular flexibility index (Phi) is 3.31. The van der Waals surface area contributed by atoms with E-state index in [0.29, 0.717) is 5.82 Å². The number of fused-ring (bicyclic) bond motifs is 1. The molecule has 1 saturated heterocycles. The van der Waals surface area contributed by atoms with Gasteiger partial charge in [0.2, 0.25) is 0 Å². The van der Waals surface area contributed by atoms with E-state index in [1.54, 1.807) is 18.7 Å². The predicted molar refractivity (Wildman–Crippen MR) is 91.4 cm³/mol. The molecule has 0 radical (unpaired) electrons. The van der Waals surface area contributed by atoms with Crippen molar-refractivity contribution in [2.24, 2.45) is 7.05 Å². The van der Waals surface area contributed by atoms with Crippen molar-refractivity contribution in [3.05, 3.63) is 60.2 Å². The molecule has 7 nitrogen and oxygen atoms in total. The van der Waals surface area contributed by atoms with E-state index >= 15 is 0 Å². The minimum absolute atomic E-state index is 0.0848. The maximum absolute atomic E-state index is 13.1. The SMILES string of the molecule is Cn1ncnc1CN1C(=O)NC(C)(c2cccc3ccccc23)C1=O. The van der Waals surface area contributed by atoms with Gasteiger partial charge in [0.1, 0.15) is 17.7 Å². The van der Waals surface area contributed by atoms with Crippen molar-refractivity contribution in [3.8, 4) is 0 Å². The molecule has 0 aliphatic carbocycles. The molecule has 4 rings (SSSR count). The molecular formula is C18H17N5O2. The van der Waals surface area contributed by atoms with Gasteiger partial charge in [-0.05, 0) is 23.3 Å². The second-order valence-electron chi connectivity index (χ2n) is 6.27. The number of aryl methyl sites for hydroxylation is 1. The summed E-state index contributed by atoms with van der Waals surface area (Å²) in [5.41, 5.74) is -0.333. The van der Waals surface area contributed by atoms with Gasteiger partial charge >= 0.3 is 6.03 Å². The molecule has 0 spiro atoms. The van der Waals surface area contributed by atoms with Crippen LogP contribution in [0.3, 0.4) is 0 Å². The summed E-state index contributed by atoms with van der Waals surface area (Å²) < 4.78 is 1.55. The molecule has 3 amide bonds. The van der Waals surface area contributed by atoms with Gasteiger partial charge in [0.05, 0.1) is 6.54 Å². The molecule has 3 aromatic rings. The quantitative estimate of drug-likeness (QED) is 0.742. The van der Waals surface area contributed by atoms with Gasteiger partial charge in [-0.15, -0.1) is 0 Å². The van der Waals surface area contributed by atoms with E-state index in [0.717, 1.165) is 16.3 Å². The topological polar surface area (TPSA) is 80.1 Å². The lowest BCUT2D eigenvalue weighted by atomic mass is 9.88. The molecule has 126 valence electrons. The summed E-state index contributed by atoms with van der Waals surface area (Å²) in [6.07, 6.45) is 1.40. The van der Waals surface area contributed by atoms with Gasteiger partial charge < -0.3 is 5.32 Å². The van der Waals surface area contributed by atoms with Crippen LogP contribution in [-0.2, 0) is 23.9 Å². The van der Waals surface area contributed by atoms with Crippen molar-refractivity contribution in [3.63, 3.8) is 0 Å². The lowest BCUT2D eigenvalue weighted by molar-refractivity contribution is -0.131. The van der Waals surface area contributed by atoms with E-state index in [4.69, 9.17) is 0 Å². The maximum Gasteiger partial charge on any atom is 0.325 e. The van der Waals surface area contributed by atoms with Gasteiger partial charge in [0.15, 0.2) is 0 Å². The Hall–Kier alpha value is -3.22. The summed E-state index contributed by atoms with van der Waals surface area (Å²) >= 11 is 0. The zero-order valence-corrected chi connectivity index (χ0v) is 13.9. The highest BCUT2D eigenvalue weighted by molar-refractivity contribution is 6.09. The van der Waals surface area contributed by atoms with E-state index in [1.807, 2.05) is 42.5 Å². The first kappa shape index (κ1) is 15.3. The number of carbonyl (C=O) groups excluding carboxylic acids is 2. The number of rotatable bonds is 3. The van der Waals surface area contributed by atoms with Crippen molar-refractivity contribution >= 4 is 22.7 Å². The first-order valence-corrected chi connectivity index (χ1v) is 7.96. The third-order valence-corrected chi connectivity index (χ3v) is 4.71. The molecule has 7 heteroatoms. The van der Waals surface area contributed by atoms with Crippen LogP contribution >= 0.6 is 0 Å². The van der Waals surface area contributed by atoms with E-state index < -0.39 is 11.6 Å². The monoisotopic (exact) mass is 335 g/mol. The number of amides is 3. The number of aromatic nitrogens is 3. The van der Waals surface area contributed by atoms with Crippen molar-refractivity contribution in [2.45, 2.75) is 19.0 Å². The fraction of sp³-hybridized carbons (Fsp3) is 0.222. The molecule has 1 aliphatic rings. The first-order chi connectivity index (χ1) is 12.0. The highest BCUT2D eigenvalue weighted by atomic mass is 16.2. The van der Waals surface area contributed by atoms with E-state index in [-0.39, 0.29) is 12.5 Å². The van der Waals surface area contributed by atoms with Crippen molar-refractivity contribution in [1.29, 1.82) is 0 Å². The van der Waals surface area contributed by atoms with Crippen LogP contribution < -0.4 is 5.32 Å². The molecule has 2 heterocycles. The lowest BCUT2D eigenvalue weighted by Crippen LogP contribution is -2.41. The first-order valence-electron chi connectivity index (χ1n) is 7.96. The highest BCUT2D eigenvalue weighted by Gasteiger charge is 2.49. The number of hydrogen-bond acceptors (Lipinski definition) is 4. The van der Waals surface area contributed by atoms with E-state index in [2.05, 4.69) is 15.4 Å². The molecule has 1 aliphatic heterocycles. The fourth-order valence-electron chi connectivity index (χ4n) is 3.29. The number of hydrogen-bond donors (Lipinski definition) is 1. The Morgan fingerprint density at radius 3 is 2.64 bits per heavy atom. The largest absolute Gasteiger partial charge is 0.325 e. The van der Waals surface area contributed by atoms with Crippen LogP contribution in [-0.4, -0.2) is 31.6 Å². The standard InChI is InChI=1S/C18H17N5O2/c1-18(14-9-5-7-12-6-3-4-8-13(12)14)16(24)23(17(25)21-18)10-15-19-11-20-22(15)2/h3-9,11H,10H2,1-2H3,(H,21,25). The van der Waals surface area contributed by atoms with Crippen LogP contribution in [0.4, 0.5) is 4.79 Å². The molecule has 0 saturated carbocycles. The van der Waals surface area contributed by atoms with Crippen LogP contribution in [0.2, 0.25) is 0 Å². The van der Waals surface area contributed by atoms with Crippen molar-refractivity contribution in [1.82, 2.24) is 25.0 Å². The Balaban J connectivity index is 1.76. The third-order valence-electron chi connectivity index (χ3n) is 4.71. The van der Waals surface area contributed by atoms with Crippen LogP contribution in [0.5, 0.6) is 0 Å². The fourth-order valence-corrected chi connectivity index (χ4v) is 3.29. The van der Waals surface area contributed by atoms with E-state index in [9.17, 15) is 9.59 Å². The third kappa shape index (κ3) is 2.27. The van der Waals surface area contributed by atoms with Gasteiger partial charge in [0, 0.05) is 7.05 Å². The molecule has 2 aromatic carbocycles. The number of nitrogens with zero attached hydrogens (tertiary/aromatic N) is 4. The number of imide groups is 1. The van der Waals surface area contributed by atoms with Crippen LogP contribution in [0.25, 0.3) is 10.8 Å². The summed E-state index contributed by atoms with van der Waals surface area (Å²) in [7, 11) is 1.73. The summed E-state index contributed by atoms with van der Waals surface area (Å²) in [6.45, 7) is 1.83. The van der Waals surface area contributed by atoms with Crippen molar-refractivity contribution in [2.75, 3.05) is 0 Å². The molecule has 0 bridgehead atoms. The predicted octanol–water partition coefficient (Wildman–Crippen LogP) is 1.94. The Morgan fingerprint density at radius 1 is 1.12 bits per heavy atom. The summed E-state index contributed by atoms with van der Waals surface area (Å²) in [5, 5.41) is 8.80. The average molecular weight is 335 g/mol. The normalized spacial score (nSPS) is 20.3. The Morgan fingerprint density at radius 2 is 1.88 bits per heavy atom. The number of urea groups is 1. The molecule has 1 fully saturated rings. The van der Waals surface area contributed by atoms with Crippen LogP contribution in [0.15, 0.2) is 48.8 Å². The van der Waals surface area contributed by atoms with Gasteiger partial charge in [-0.25, -0.2) is 9.78 Å². The zero-order chi connectivity index (χ0) is 17.6. The van der Waals surface area contributed by atoms with Gasteiger partial charge in [-0.1, -0.05) is 42.5 Å².